The van der Waals surface area contributed by atoms with Crippen molar-refractivity contribution in [1.29, 1.82) is 0 Å². The summed E-state index contributed by atoms with van der Waals surface area (Å²) >= 11 is 0. The van der Waals surface area contributed by atoms with E-state index in [1.165, 1.54) is 0 Å². The Morgan fingerprint density at radius 1 is 1.14 bits per heavy atom. The number of nitrogens with zero attached hydrogens (tertiary/aromatic N) is 2. The summed E-state index contributed by atoms with van der Waals surface area (Å²) in [4.78, 5) is 9.21. The maximum atomic E-state index is 9.27. The first-order valence-corrected chi connectivity index (χ1v) is 8.00. The average Bonchev–Trinajstić information content (AvgIpc) is 2.48. The maximum Gasteiger partial charge on any atom is 0.135 e. The Hall–Kier alpha value is -1.36. The molecule has 0 bridgehead atoms. The molecular weight excluding hydrogens is 264 g/mol. The maximum absolute atomic E-state index is 9.27. The van der Waals surface area contributed by atoms with Crippen LogP contribution in [0.3, 0.4) is 0 Å². The van der Waals surface area contributed by atoms with Crippen molar-refractivity contribution in [3.8, 4) is 0 Å². The average molecular weight is 294 g/mol. The minimum Gasteiger partial charge on any atom is -0.396 e. The highest BCUT2D eigenvalue weighted by molar-refractivity contribution is 5.58. The summed E-state index contributed by atoms with van der Waals surface area (Å²) < 4.78 is 0. The number of hydrogen-bond donors (Lipinski definition) is 3. The van der Waals surface area contributed by atoms with Crippen LogP contribution in [0.15, 0.2) is 0 Å². The van der Waals surface area contributed by atoms with E-state index in [1.807, 2.05) is 6.92 Å². The second kappa shape index (κ2) is 8.17. The van der Waals surface area contributed by atoms with Crippen LogP contribution in [0.5, 0.6) is 0 Å². The van der Waals surface area contributed by atoms with Crippen molar-refractivity contribution in [3.63, 3.8) is 0 Å². The van der Waals surface area contributed by atoms with E-state index in [2.05, 4.69) is 48.3 Å². The molecule has 5 nitrogen and oxygen atoms in total. The van der Waals surface area contributed by atoms with Gasteiger partial charge >= 0.3 is 0 Å². The molecule has 0 aliphatic carbocycles. The molecule has 21 heavy (non-hydrogen) atoms. The third-order valence-electron chi connectivity index (χ3n) is 3.91. The van der Waals surface area contributed by atoms with Crippen LogP contribution in [0.25, 0.3) is 0 Å². The molecule has 1 heterocycles. The quantitative estimate of drug-likeness (QED) is 0.653. The van der Waals surface area contributed by atoms with E-state index in [4.69, 9.17) is 0 Å². The minimum atomic E-state index is -0.152. The molecule has 0 saturated heterocycles. The second-order valence-electron chi connectivity index (χ2n) is 5.76. The number of aromatic nitrogens is 2. The molecule has 0 aromatic carbocycles. The molecule has 0 spiro atoms. The van der Waals surface area contributed by atoms with Crippen LogP contribution in [-0.2, 0) is 6.42 Å². The van der Waals surface area contributed by atoms with Gasteiger partial charge in [-0.25, -0.2) is 9.97 Å². The van der Waals surface area contributed by atoms with Gasteiger partial charge in [0.1, 0.15) is 17.5 Å². The van der Waals surface area contributed by atoms with Crippen molar-refractivity contribution in [3.05, 3.63) is 11.4 Å². The van der Waals surface area contributed by atoms with Crippen molar-refractivity contribution < 1.29 is 5.11 Å². The first kappa shape index (κ1) is 17.7. The Balaban J connectivity index is 3.09. The lowest BCUT2D eigenvalue weighted by molar-refractivity contribution is 0.251. The lowest BCUT2D eigenvalue weighted by Crippen LogP contribution is -2.36. The van der Waals surface area contributed by atoms with Crippen molar-refractivity contribution in [1.82, 2.24) is 9.97 Å². The molecule has 3 N–H and O–H groups in total. The normalized spacial score (nSPS) is 13.8. The molecular formula is C16H30N4O. The Morgan fingerprint density at radius 3 is 2.33 bits per heavy atom. The Morgan fingerprint density at radius 2 is 1.81 bits per heavy atom. The van der Waals surface area contributed by atoms with Gasteiger partial charge in [-0.15, -0.1) is 0 Å². The standard InChI is InChI=1S/C16H30N4O/c1-6-10-17-14-12(4)15(19-13(7-2)18-14)20-16(5,8-3)9-11-21/h21H,6-11H2,1-5H3,(H2,17,18,19,20). The van der Waals surface area contributed by atoms with Gasteiger partial charge in [0.05, 0.1) is 0 Å². The third kappa shape index (κ3) is 4.84. The van der Waals surface area contributed by atoms with Gasteiger partial charge in [-0.1, -0.05) is 20.8 Å². The molecule has 0 aliphatic heterocycles. The number of nitrogens with one attached hydrogen (secondary N) is 2. The summed E-state index contributed by atoms with van der Waals surface area (Å²) in [5.74, 6) is 2.62. The summed E-state index contributed by atoms with van der Waals surface area (Å²) in [6.07, 6.45) is 3.49. The van der Waals surface area contributed by atoms with Gasteiger partial charge in [0, 0.05) is 30.7 Å². The fourth-order valence-corrected chi connectivity index (χ4v) is 2.12. The monoisotopic (exact) mass is 294 g/mol. The van der Waals surface area contributed by atoms with Gasteiger partial charge in [-0.2, -0.15) is 0 Å². The van der Waals surface area contributed by atoms with Crippen LogP contribution in [0, 0.1) is 6.92 Å². The molecule has 0 saturated carbocycles. The number of aliphatic hydroxyl groups excluding tert-OH is 1. The zero-order valence-electron chi connectivity index (χ0n) is 14.1. The van der Waals surface area contributed by atoms with Crippen molar-refractivity contribution in [2.45, 2.75) is 65.8 Å². The lowest BCUT2D eigenvalue weighted by Gasteiger charge is -2.30. The van der Waals surface area contributed by atoms with E-state index in [1.54, 1.807) is 0 Å². The van der Waals surface area contributed by atoms with Gasteiger partial charge in [-0.3, -0.25) is 0 Å². The van der Waals surface area contributed by atoms with Gasteiger partial charge in [0.15, 0.2) is 0 Å². The predicted octanol–water partition coefficient (Wildman–Crippen LogP) is 3.13. The molecule has 1 unspecified atom stereocenters. The van der Waals surface area contributed by atoms with Crippen LogP contribution < -0.4 is 10.6 Å². The molecule has 0 aliphatic rings. The molecule has 0 radical (unpaired) electrons. The molecule has 1 aromatic heterocycles. The first-order valence-electron chi connectivity index (χ1n) is 8.00. The first-order chi connectivity index (χ1) is 9.99. The fourth-order valence-electron chi connectivity index (χ4n) is 2.12. The predicted molar refractivity (Wildman–Crippen MR) is 88.9 cm³/mol. The number of anilines is 2. The fraction of sp³-hybridized carbons (Fsp3) is 0.750. The summed E-state index contributed by atoms with van der Waals surface area (Å²) in [5, 5.41) is 16.2. The van der Waals surface area contributed by atoms with Crippen LogP contribution in [-0.4, -0.2) is 33.8 Å². The molecule has 1 atom stereocenters. The van der Waals surface area contributed by atoms with Gasteiger partial charge < -0.3 is 15.7 Å². The van der Waals surface area contributed by atoms with Crippen LogP contribution >= 0.6 is 0 Å². The summed E-state index contributed by atoms with van der Waals surface area (Å²) in [6.45, 7) is 11.6. The molecule has 0 amide bonds. The lowest BCUT2D eigenvalue weighted by atomic mass is 9.94. The van der Waals surface area contributed by atoms with Gasteiger partial charge in [0.25, 0.3) is 0 Å². The second-order valence-corrected chi connectivity index (χ2v) is 5.76. The van der Waals surface area contributed by atoms with Crippen molar-refractivity contribution >= 4 is 11.6 Å². The number of aliphatic hydroxyl groups is 1. The minimum absolute atomic E-state index is 0.152. The summed E-state index contributed by atoms with van der Waals surface area (Å²) in [7, 11) is 0. The van der Waals surface area contributed by atoms with Gasteiger partial charge in [-0.05, 0) is 33.1 Å². The Kier molecular flexibility index (Phi) is 6.89. The van der Waals surface area contributed by atoms with E-state index in [0.29, 0.717) is 6.42 Å². The highest BCUT2D eigenvalue weighted by Gasteiger charge is 2.23. The number of rotatable bonds is 9. The van der Waals surface area contributed by atoms with Crippen LogP contribution in [0.4, 0.5) is 11.6 Å². The molecule has 5 heteroatoms. The number of aryl methyl sites for hydroxylation is 1. The SMILES string of the molecule is CCCNc1nc(CC)nc(NC(C)(CC)CCO)c1C. The van der Waals surface area contributed by atoms with E-state index in [-0.39, 0.29) is 12.1 Å². The smallest absolute Gasteiger partial charge is 0.135 e. The molecule has 120 valence electrons. The highest BCUT2D eigenvalue weighted by Crippen LogP contribution is 2.26. The largest absolute Gasteiger partial charge is 0.396 e. The Labute approximate surface area is 128 Å². The van der Waals surface area contributed by atoms with Gasteiger partial charge in [0.2, 0.25) is 0 Å². The van der Waals surface area contributed by atoms with E-state index in [0.717, 1.165) is 48.8 Å². The van der Waals surface area contributed by atoms with E-state index >= 15 is 0 Å². The third-order valence-corrected chi connectivity index (χ3v) is 3.91. The summed E-state index contributed by atoms with van der Waals surface area (Å²) in [5.41, 5.74) is 0.888. The van der Waals surface area contributed by atoms with Crippen LogP contribution in [0.2, 0.25) is 0 Å². The molecule has 1 rings (SSSR count). The zero-order chi connectivity index (χ0) is 15.9. The van der Waals surface area contributed by atoms with Crippen molar-refractivity contribution in [2.75, 3.05) is 23.8 Å². The molecule has 1 aromatic rings. The summed E-state index contributed by atoms with van der Waals surface area (Å²) in [6, 6.07) is 0. The zero-order valence-corrected chi connectivity index (χ0v) is 14.1. The molecule has 0 fully saturated rings. The van der Waals surface area contributed by atoms with Crippen LogP contribution in [0.1, 0.15) is 58.3 Å². The van der Waals surface area contributed by atoms with E-state index < -0.39 is 0 Å². The number of hydrogen-bond acceptors (Lipinski definition) is 5. The van der Waals surface area contributed by atoms with Crippen molar-refractivity contribution in [2.24, 2.45) is 0 Å². The Bertz CT molecular complexity index is 450. The highest BCUT2D eigenvalue weighted by atomic mass is 16.3. The van der Waals surface area contributed by atoms with E-state index in [9.17, 15) is 5.11 Å². The topological polar surface area (TPSA) is 70.1 Å².